The molecular formula is C16H22N2O3. The number of nitrogens with zero attached hydrogens (tertiary/aromatic N) is 1. The number of hydrogen-bond acceptors (Lipinski definition) is 3. The van der Waals surface area contributed by atoms with Crippen LogP contribution >= 0.6 is 0 Å². The average Bonchev–Trinajstić information content (AvgIpc) is 2.52. The first kappa shape index (κ1) is 15.4. The van der Waals surface area contributed by atoms with Crippen LogP contribution in [0.25, 0.3) is 0 Å². The van der Waals surface area contributed by atoms with Crippen molar-refractivity contribution in [2.45, 2.75) is 25.7 Å². The molecule has 1 aromatic carbocycles. The lowest BCUT2D eigenvalue weighted by atomic mass is 9.96. The van der Waals surface area contributed by atoms with Gasteiger partial charge in [0.05, 0.1) is 7.11 Å². The number of nitrogens with two attached hydrogens (primary N) is 1. The summed E-state index contributed by atoms with van der Waals surface area (Å²) in [6.45, 7) is 1.25. The predicted molar refractivity (Wildman–Crippen MR) is 79.8 cm³/mol. The summed E-state index contributed by atoms with van der Waals surface area (Å²) in [4.78, 5) is 25.2. The van der Waals surface area contributed by atoms with E-state index in [0.717, 1.165) is 11.3 Å². The molecule has 2 rings (SSSR count). The Morgan fingerprint density at radius 2 is 1.95 bits per heavy atom. The van der Waals surface area contributed by atoms with E-state index in [-0.39, 0.29) is 17.7 Å². The minimum atomic E-state index is -0.254. The van der Waals surface area contributed by atoms with Crippen molar-refractivity contribution in [3.05, 3.63) is 29.8 Å². The van der Waals surface area contributed by atoms with Gasteiger partial charge in [0.2, 0.25) is 11.8 Å². The van der Waals surface area contributed by atoms with Crippen molar-refractivity contribution in [3.8, 4) is 5.75 Å². The van der Waals surface area contributed by atoms with Gasteiger partial charge in [-0.1, -0.05) is 18.2 Å². The number of primary amides is 1. The van der Waals surface area contributed by atoms with Crippen LogP contribution in [-0.2, 0) is 16.0 Å². The number of ether oxygens (including phenoxy) is 1. The van der Waals surface area contributed by atoms with E-state index >= 15 is 0 Å². The minimum absolute atomic E-state index is 0.0803. The molecule has 114 valence electrons. The Kier molecular flexibility index (Phi) is 5.20. The second kappa shape index (κ2) is 7.11. The van der Waals surface area contributed by atoms with Crippen LogP contribution in [0.1, 0.15) is 24.8 Å². The molecule has 0 bridgehead atoms. The molecule has 1 aromatic rings. The van der Waals surface area contributed by atoms with Crippen LogP contribution in [0.2, 0.25) is 0 Å². The van der Waals surface area contributed by atoms with Crippen LogP contribution in [0.5, 0.6) is 5.75 Å². The molecule has 1 aliphatic heterocycles. The molecule has 0 saturated carbocycles. The first-order chi connectivity index (χ1) is 10.1. The molecule has 1 aliphatic rings. The predicted octanol–water partition coefficient (Wildman–Crippen LogP) is 1.35. The van der Waals surface area contributed by atoms with Crippen molar-refractivity contribution in [1.29, 1.82) is 0 Å². The van der Waals surface area contributed by atoms with Crippen molar-refractivity contribution >= 4 is 11.8 Å². The van der Waals surface area contributed by atoms with E-state index < -0.39 is 0 Å². The number of amides is 2. The fourth-order valence-electron chi connectivity index (χ4n) is 2.72. The lowest BCUT2D eigenvalue weighted by molar-refractivity contribution is -0.134. The van der Waals surface area contributed by atoms with Crippen LogP contribution in [0.15, 0.2) is 24.3 Å². The molecule has 0 radical (unpaired) electrons. The fourth-order valence-corrected chi connectivity index (χ4v) is 2.72. The zero-order valence-electron chi connectivity index (χ0n) is 12.4. The highest BCUT2D eigenvalue weighted by molar-refractivity contribution is 5.79. The number of hydrogen-bond donors (Lipinski definition) is 1. The number of likely N-dealkylation sites (tertiary alicyclic amines) is 1. The van der Waals surface area contributed by atoms with Crippen LogP contribution in [0, 0.1) is 5.92 Å². The second-order valence-electron chi connectivity index (χ2n) is 5.37. The first-order valence-electron chi connectivity index (χ1n) is 7.30. The van der Waals surface area contributed by atoms with Crippen molar-refractivity contribution in [2.75, 3.05) is 20.2 Å². The van der Waals surface area contributed by atoms with E-state index in [0.29, 0.717) is 38.8 Å². The van der Waals surface area contributed by atoms with Gasteiger partial charge in [-0.15, -0.1) is 0 Å². The van der Waals surface area contributed by atoms with Gasteiger partial charge in [-0.05, 0) is 30.9 Å². The third-order valence-corrected chi connectivity index (χ3v) is 4.05. The van der Waals surface area contributed by atoms with Crippen LogP contribution < -0.4 is 10.5 Å². The van der Waals surface area contributed by atoms with Crippen molar-refractivity contribution in [3.63, 3.8) is 0 Å². The van der Waals surface area contributed by atoms with Gasteiger partial charge in [-0.2, -0.15) is 0 Å². The van der Waals surface area contributed by atoms with Crippen molar-refractivity contribution in [2.24, 2.45) is 11.7 Å². The molecule has 0 spiro atoms. The van der Waals surface area contributed by atoms with E-state index in [1.807, 2.05) is 29.2 Å². The molecule has 5 heteroatoms. The number of carbonyl (C=O) groups is 2. The summed E-state index contributed by atoms with van der Waals surface area (Å²) < 4.78 is 5.29. The Morgan fingerprint density at radius 1 is 1.29 bits per heavy atom. The van der Waals surface area contributed by atoms with Gasteiger partial charge in [0, 0.05) is 25.4 Å². The Balaban J connectivity index is 1.84. The molecular weight excluding hydrogens is 268 g/mol. The highest BCUT2D eigenvalue weighted by atomic mass is 16.5. The van der Waals surface area contributed by atoms with E-state index in [4.69, 9.17) is 10.5 Å². The van der Waals surface area contributed by atoms with Gasteiger partial charge in [0.25, 0.3) is 0 Å². The number of carbonyl (C=O) groups excluding carboxylic acids is 2. The molecule has 21 heavy (non-hydrogen) atoms. The quantitative estimate of drug-likeness (QED) is 0.889. The molecule has 5 nitrogen and oxygen atoms in total. The maximum Gasteiger partial charge on any atom is 0.222 e. The van der Waals surface area contributed by atoms with E-state index in [2.05, 4.69) is 0 Å². The zero-order valence-corrected chi connectivity index (χ0v) is 12.4. The molecule has 0 atom stereocenters. The van der Waals surface area contributed by atoms with Gasteiger partial charge in [-0.25, -0.2) is 0 Å². The summed E-state index contributed by atoms with van der Waals surface area (Å²) in [6.07, 6.45) is 2.48. The number of benzene rings is 1. The number of aryl methyl sites for hydroxylation is 1. The number of para-hydroxylation sites is 1. The Labute approximate surface area is 125 Å². The molecule has 0 aliphatic carbocycles. The molecule has 2 amide bonds. The third kappa shape index (κ3) is 3.97. The smallest absolute Gasteiger partial charge is 0.222 e. The minimum Gasteiger partial charge on any atom is -0.496 e. The summed E-state index contributed by atoms with van der Waals surface area (Å²) in [5, 5.41) is 0. The van der Waals surface area contributed by atoms with Crippen LogP contribution in [0.4, 0.5) is 0 Å². The van der Waals surface area contributed by atoms with E-state index in [1.165, 1.54) is 0 Å². The van der Waals surface area contributed by atoms with Gasteiger partial charge < -0.3 is 15.4 Å². The standard InChI is InChI=1S/C16H22N2O3/c1-21-14-5-3-2-4-12(14)6-7-15(19)18-10-8-13(9-11-18)16(17)20/h2-5,13H,6-11H2,1H3,(H2,17,20). The number of rotatable bonds is 5. The summed E-state index contributed by atoms with van der Waals surface area (Å²) in [5.41, 5.74) is 6.34. The molecule has 0 aromatic heterocycles. The summed E-state index contributed by atoms with van der Waals surface area (Å²) in [6, 6.07) is 7.74. The molecule has 2 N–H and O–H groups in total. The third-order valence-electron chi connectivity index (χ3n) is 4.05. The molecule has 1 saturated heterocycles. The van der Waals surface area contributed by atoms with Gasteiger partial charge >= 0.3 is 0 Å². The maximum absolute atomic E-state index is 12.2. The van der Waals surface area contributed by atoms with Crippen molar-refractivity contribution < 1.29 is 14.3 Å². The molecule has 1 heterocycles. The lowest BCUT2D eigenvalue weighted by Crippen LogP contribution is -2.41. The van der Waals surface area contributed by atoms with E-state index in [1.54, 1.807) is 7.11 Å². The van der Waals surface area contributed by atoms with Gasteiger partial charge in [0.15, 0.2) is 0 Å². The zero-order chi connectivity index (χ0) is 15.2. The van der Waals surface area contributed by atoms with Gasteiger partial charge in [-0.3, -0.25) is 9.59 Å². The van der Waals surface area contributed by atoms with Gasteiger partial charge in [0.1, 0.15) is 5.75 Å². The summed E-state index contributed by atoms with van der Waals surface area (Å²) in [7, 11) is 1.63. The highest BCUT2D eigenvalue weighted by Gasteiger charge is 2.25. The maximum atomic E-state index is 12.2. The van der Waals surface area contributed by atoms with Crippen molar-refractivity contribution in [1.82, 2.24) is 4.90 Å². The Morgan fingerprint density at radius 3 is 2.57 bits per heavy atom. The van der Waals surface area contributed by atoms with Crippen LogP contribution in [0.3, 0.4) is 0 Å². The lowest BCUT2D eigenvalue weighted by Gasteiger charge is -2.30. The Bertz CT molecular complexity index is 508. The number of piperidine rings is 1. The molecule has 0 unspecified atom stereocenters. The largest absolute Gasteiger partial charge is 0.496 e. The highest BCUT2D eigenvalue weighted by Crippen LogP contribution is 2.21. The average molecular weight is 290 g/mol. The normalized spacial score (nSPS) is 15.8. The van der Waals surface area contributed by atoms with E-state index in [9.17, 15) is 9.59 Å². The number of methoxy groups -OCH3 is 1. The Hall–Kier alpha value is -2.04. The summed E-state index contributed by atoms with van der Waals surface area (Å²) >= 11 is 0. The first-order valence-corrected chi connectivity index (χ1v) is 7.30. The second-order valence-corrected chi connectivity index (χ2v) is 5.37. The monoisotopic (exact) mass is 290 g/mol. The fraction of sp³-hybridized carbons (Fsp3) is 0.500. The SMILES string of the molecule is COc1ccccc1CCC(=O)N1CCC(C(N)=O)CC1. The topological polar surface area (TPSA) is 72.6 Å². The summed E-state index contributed by atoms with van der Waals surface area (Å²) in [5.74, 6) is 0.612. The van der Waals surface area contributed by atoms with Crippen LogP contribution in [-0.4, -0.2) is 36.9 Å². The molecule has 1 fully saturated rings.